The van der Waals surface area contributed by atoms with Crippen LogP contribution < -0.4 is 4.74 Å². The summed E-state index contributed by atoms with van der Waals surface area (Å²) in [7, 11) is 0. The van der Waals surface area contributed by atoms with E-state index >= 15 is 0 Å². The summed E-state index contributed by atoms with van der Waals surface area (Å²) in [6.07, 6.45) is 1.73. The molecule has 0 atom stereocenters. The van der Waals surface area contributed by atoms with Gasteiger partial charge in [0.1, 0.15) is 18.2 Å². The number of nitrogens with zero attached hydrogens (tertiary/aromatic N) is 3. The lowest BCUT2D eigenvalue weighted by atomic mass is 10.2. The largest absolute Gasteiger partial charge is 0.489 e. The van der Waals surface area contributed by atoms with Crippen LogP contribution in [0.2, 0.25) is 0 Å². The van der Waals surface area contributed by atoms with Crippen LogP contribution in [0.5, 0.6) is 5.75 Å². The highest BCUT2D eigenvalue weighted by Gasteiger charge is 1.99. The Morgan fingerprint density at radius 3 is 2.54 bits per heavy atom. The molecule has 3 rings (SSSR count). The van der Waals surface area contributed by atoms with Gasteiger partial charge in [-0.3, -0.25) is 5.10 Å². The Morgan fingerprint density at radius 2 is 1.92 bits per heavy atom. The molecule has 1 aromatic heterocycles. The van der Waals surface area contributed by atoms with Crippen LogP contribution in [0.4, 0.5) is 0 Å². The van der Waals surface area contributed by atoms with Crippen molar-refractivity contribution in [2.75, 3.05) is 0 Å². The van der Waals surface area contributed by atoms with Gasteiger partial charge in [-0.25, -0.2) is 0 Å². The van der Waals surface area contributed by atoms with Crippen LogP contribution in [-0.4, -0.2) is 21.1 Å². The normalized spacial score (nSPS) is 11.1. The van der Waals surface area contributed by atoms with E-state index in [0.717, 1.165) is 21.3 Å². The maximum Gasteiger partial charge on any atom is 0.216 e. The quantitative estimate of drug-likeness (QED) is 0.505. The van der Waals surface area contributed by atoms with Crippen molar-refractivity contribution in [3.8, 4) is 5.75 Å². The van der Waals surface area contributed by atoms with E-state index in [1.165, 1.54) is 0 Å². The summed E-state index contributed by atoms with van der Waals surface area (Å²) in [4.78, 5) is 0. The van der Waals surface area contributed by atoms with Gasteiger partial charge in [0.15, 0.2) is 0 Å². The standard InChI is InChI=1S/C17H15BrN4OS/c1-12-20-21-17(24)22(12)19-10-13-4-8-16(9-5-13)23-11-14-2-6-15(18)7-3-14/h2-10H,11H2,1H3,(H,21,24). The summed E-state index contributed by atoms with van der Waals surface area (Å²) >= 11 is 8.53. The predicted octanol–water partition coefficient (Wildman–Crippen LogP) is 4.47. The van der Waals surface area contributed by atoms with E-state index in [9.17, 15) is 0 Å². The highest BCUT2D eigenvalue weighted by Crippen LogP contribution is 2.15. The van der Waals surface area contributed by atoms with Crippen molar-refractivity contribution in [1.82, 2.24) is 14.9 Å². The number of H-pyrrole nitrogens is 1. The van der Waals surface area contributed by atoms with Crippen molar-refractivity contribution in [1.29, 1.82) is 0 Å². The minimum absolute atomic E-state index is 0.471. The van der Waals surface area contributed by atoms with Crippen LogP contribution in [0.15, 0.2) is 58.1 Å². The minimum Gasteiger partial charge on any atom is -0.489 e. The molecule has 0 aliphatic heterocycles. The maximum absolute atomic E-state index is 5.78. The summed E-state index contributed by atoms with van der Waals surface area (Å²) in [5.41, 5.74) is 2.07. The summed E-state index contributed by atoms with van der Waals surface area (Å²) in [6, 6.07) is 15.8. The Kier molecular flexibility index (Phi) is 5.22. The smallest absolute Gasteiger partial charge is 0.216 e. The molecule has 2 aromatic carbocycles. The molecule has 0 amide bonds. The first-order valence-corrected chi connectivity index (χ1v) is 8.47. The van der Waals surface area contributed by atoms with Crippen LogP contribution in [0.3, 0.4) is 0 Å². The molecule has 24 heavy (non-hydrogen) atoms. The fourth-order valence-corrected chi connectivity index (χ4v) is 2.52. The third-order valence-corrected chi connectivity index (χ3v) is 4.13. The Hall–Kier alpha value is -2.25. The third kappa shape index (κ3) is 4.18. The second kappa shape index (κ2) is 7.55. The van der Waals surface area contributed by atoms with Gasteiger partial charge in [0.2, 0.25) is 4.77 Å². The zero-order chi connectivity index (χ0) is 16.9. The van der Waals surface area contributed by atoms with Gasteiger partial charge in [-0.15, -0.1) is 0 Å². The van der Waals surface area contributed by atoms with Crippen molar-refractivity contribution >= 4 is 34.4 Å². The van der Waals surface area contributed by atoms with Crippen molar-refractivity contribution in [3.05, 3.63) is 74.7 Å². The number of nitrogens with one attached hydrogen (secondary N) is 1. The van der Waals surface area contributed by atoms with E-state index in [1.54, 1.807) is 10.9 Å². The van der Waals surface area contributed by atoms with Crippen molar-refractivity contribution < 1.29 is 4.74 Å². The molecular formula is C17H15BrN4OS. The minimum atomic E-state index is 0.471. The van der Waals surface area contributed by atoms with Crippen LogP contribution in [-0.2, 0) is 6.61 Å². The average molecular weight is 403 g/mol. The van der Waals surface area contributed by atoms with Crippen molar-refractivity contribution in [3.63, 3.8) is 0 Å². The van der Waals surface area contributed by atoms with Gasteiger partial charge >= 0.3 is 0 Å². The second-order valence-electron chi connectivity index (χ2n) is 5.12. The summed E-state index contributed by atoms with van der Waals surface area (Å²) in [6.45, 7) is 2.37. The molecule has 0 fully saturated rings. The predicted molar refractivity (Wildman–Crippen MR) is 100 cm³/mol. The number of halogens is 1. The lowest BCUT2D eigenvalue weighted by Gasteiger charge is -2.06. The summed E-state index contributed by atoms with van der Waals surface area (Å²) in [5.74, 6) is 1.52. The molecule has 0 unspecified atom stereocenters. The SMILES string of the molecule is Cc1n[nH]c(=S)n1N=Cc1ccc(OCc2ccc(Br)cc2)cc1. The van der Waals surface area contributed by atoms with Crippen molar-refractivity contribution in [2.24, 2.45) is 5.10 Å². The number of hydrogen-bond donors (Lipinski definition) is 1. The van der Waals surface area contributed by atoms with Gasteiger partial charge in [0.05, 0.1) is 6.21 Å². The summed E-state index contributed by atoms with van der Waals surface area (Å²) in [5, 5.41) is 11.0. The number of aromatic nitrogens is 3. The first kappa shape index (κ1) is 16.6. The Balaban J connectivity index is 1.63. The fourth-order valence-electron chi connectivity index (χ4n) is 2.03. The third-order valence-electron chi connectivity index (χ3n) is 3.33. The monoisotopic (exact) mass is 402 g/mol. The number of benzene rings is 2. The average Bonchev–Trinajstić information content (AvgIpc) is 2.92. The Labute approximate surface area is 153 Å². The van der Waals surface area contributed by atoms with Crippen LogP contribution in [0.1, 0.15) is 17.0 Å². The topological polar surface area (TPSA) is 55.2 Å². The highest BCUT2D eigenvalue weighted by atomic mass is 79.9. The maximum atomic E-state index is 5.78. The summed E-state index contributed by atoms with van der Waals surface area (Å²) < 4.78 is 8.88. The molecule has 122 valence electrons. The zero-order valence-electron chi connectivity index (χ0n) is 12.9. The van der Waals surface area contributed by atoms with Crippen molar-refractivity contribution in [2.45, 2.75) is 13.5 Å². The van der Waals surface area contributed by atoms with E-state index in [1.807, 2.05) is 55.5 Å². The van der Waals surface area contributed by atoms with E-state index in [4.69, 9.17) is 17.0 Å². The van der Waals surface area contributed by atoms with Gasteiger partial charge in [0, 0.05) is 4.47 Å². The number of hydrogen-bond acceptors (Lipinski definition) is 4. The van der Waals surface area contributed by atoms with Gasteiger partial charge in [0.25, 0.3) is 0 Å². The van der Waals surface area contributed by atoms with Crippen LogP contribution in [0, 0.1) is 11.7 Å². The number of rotatable bonds is 5. The van der Waals surface area contributed by atoms with Crippen LogP contribution >= 0.6 is 28.1 Å². The van der Waals surface area contributed by atoms with Gasteiger partial charge in [-0.2, -0.15) is 14.9 Å². The molecule has 0 aliphatic carbocycles. The first-order chi connectivity index (χ1) is 11.6. The number of aryl methyl sites for hydroxylation is 1. The zero-order valence-corrected chi connectivity index (χ0v) is 15.3. The number of aromatic amines is 1. The number of ether oxygens (including phenoxy) is 1. The highest BCUT2D eigenvalue weighted by molar-refractivity contribution is 9.10. The van der Waals surface area contributed by atoms with Crippen LogP contribution in [0.25, 0.3) is 0 Å². The second-order valence-corrected chi connectivity index (χ2v) is 6.42. The first-order valence-electron chi connectivity index (χ1n) is 7.27. The van der Waals surface area contributed by atoms with E-state index in [0.29, 0.717) is 17.2 Å². The van der Waals surface area contributed by atoms with E-state index in [-0.39, 0.29) is 0 Å². The molecular weight excluding hydrogens is 388 g/mol. The van der Waals surface area contributed by atoms with E-state index < -0.39 is 0 Å². The van der Waals surface area contributed by atoms with Gasteiger partial charge < -0.3 is 4.74 Å². The molecule has 0 saturated heterocycles. The lowest BCUT2D eigenvalue weighted by Crippen LogP contribution is -1.96. The molecule has 7 heteroatoms. The molecule has 5 nitrogen and oxygen atoms in total. The van der Waals surface area contributed by atoms with E-state index in [2.05, 4.69) is 31.2 Å². The molecule has 3 aromatic rings. The molecule has 1 N–H and O–H groups in total. The molecule has 0 bridgehead atoms. The van der Waals surface area contributed by atoms with Gasteiger partial charge in [-0.05, 0) is 66.7 Å². The Morgan fingerprint density at radius 1 is 1.21 bits per heavy atom. The molecule has 0 spiro atoms. The molecule has 0 aliphatic rings. The molecule has 1 heterocycles. The fraction of sp³-hybridized carbons (Fsp3) is 0.118. The molecule has 0 saturated carbocycles. The Bertz CT molecular complexity index is 898. The molecule has 0 radical (unpaired) electrons. The lowest BCUT2D eigenvalue weighted by molar-refractivity contribution is 0.306. The van der Waals surface area contributed by atoms with Gasteiger partial charge in [-0.1, -0.05) is 28.1 Å².